The van der Waals surface area contributed by atoms with E-state index in [-0.39, 0.29) is 27.9 Å². The highest BCUT2D eigenvalue weighted by molar-refractivity contribution is 7.89. The SMILES string of the molecule is O=C(Cn1nc(C(=O)O)c2ccccc2c1=O)NCc1ccc(S(=O)(=O)N2CCOCC2)cc1. The van der Waals surface area contributed by atoms with Crippen molar-refractivity contribution in [3.63, 3.8) is 0 Å². The number of hydrogen-bond donors (Lipinski definition) is 2. The third-order valence-electron chi connectivity index (χ3n) is 5.38. The van der Waals surface area contributed by atoms with Crippen molar-refractivity contribution in [2.75, 3.05) is 26.3 Å². The molecular formula is C22H22N4O7S. The van der Waals surface area contributed by atoms with Crippen LogP contribution in [-0.4, -0.2) is 65.8 Å². The average Bonchev–Trinajstić information content (AvgIpc) is 2.85. The number of hydrogen-bond acceptors (Lipinski definition) is 7. The van der Waals surface area contributed by atoms with Crippen LogP contribution in [-0.2, 0) is 32.6 Å². The van der Waals surface area contributed by atoms with Crippen molar-refractivity contribution in [3.05, 3.63) is 70.1 Å². The van der Waals surface area contributed by atoms with Crippen LogP contribution in [0.25, 0.3) is 10.8 Å². The summed E-state index contributed by atoms with van der Waals surface area (Å²) in [6.45, 7) is 0.926. The summed E-state index contributed by atoms with van der Waals surface area (Å²) in [4.78, 5) is 36.7. The monoisotopic (exact) mass is 486 g/mol. The number of nitrogens with one attached hydrogen (secondary N) is 1. The Morgan fingerprint density at radius 3 is 2.32 bits per heavy atom. The number of nitrogens with zero attached hydrogens (tertiary/aromatic N) is 3. The lowest BCUT2D eigenvalue weighted by molar-refractivity contribution is -0.122. The number of aromatic carboxylic acids is 1. The van der Waals surface area contributed by atoms with Crippen LogP contribution in [0.2, 0.25) is 0 Å². The number of carbonyl (C=O) groups excluding carboxylic acids is 1. The molecule has 0 bridgehead atoms. The lowest BCUT2D eigenvalue weighted by atomic mass is 10.1. The molecule has 34 heavy (non-hydrogen) atoms. The van der Waals surface area contributed by atoms with Gasteiger partial charge < -0.3 is 15.2 Å². The van der Waals surface area contributed by atoms with Gasteiger partial charge in [0.15, 0.2) is 5.69 Å². The van der Waals surface area contributed by atoms with Gasteiger partial charge in [0.1, 0.15) is 6.54 Å². The Labute approximate surface area is 194 Å². The van der Waals surface area contributed by atoms with E-state index in [2.05, 4.69) is 10.4 Å². The molecule has 1 aliphatic heterocycles. The molecule has 2 heterocycles. The zero-order valence-corrected chi connectivity index (χ0v) is 18.8. The number of fused-ring (bicyclic) bond motifs is 1. The first kappa shape index (κ1) is 23.5. The molecule has 0 spiro atoms. The summed E-state index contributed by atoms with van der Waals surface area (Å²) in [6.07, 6.45) is 0. The van der Waals surface area contributed by atoms with Crippen molar-refractivity contribution >= 4 is 32.7 Å². The fourth-order valence-corrected chi connectivity index (χ4v) is 5.02. The standard InChI is InChI=1S/C22H22N4O7S/c27-19(14-26-21(28)18-4-2-1-3-17(18)20(24-26)22(29)30)23-13-15-5-7-16(8-6-15)34(31,32)25-9-11-33-12-10-25/h1-8H,9-14H2,(H,23,27)(H,29,30). The predicted octanol–water partition coefficient (Wildman–Crippen LogP) is 0.432. The first-order chi connectivity index (χ1) is 16.3. The van der Waals surface area contributed by atoms with E-state index in [1.807, 2.05) is 0 Å². The number of benzene rings is 2. The van der Waals surface area contributed by atoms with Crippen molar-refractivity contribution < 1.29 is 27.9 Å². The first-order valence-electron chi connectivity index (χ1n) is 10.4. The molecule has 11 nitrogen and oxygen atoms in total. The normalized spacial score (nSPS) is 14.7. The maximum atomic E-state index is 12.7. The fourth-order valence-electron chi connectivity index (χ4n) is 3.61. The maximum Gasteiger partial charge on any atom is 0.357 e. The fraction of sp³-hybridized carbons (Fsp3) is 0.273. The summed E-state index contributed by atoms with van der Waals surface area (Å²) < 4.78 is 32.8. The molecule has 1 saturated heterocycles. The average molecular weight is 487 g/mol. The second kappa shape index (κ2) is 9.71. The zero-order chi connectivity index (χ0) is 24.3. The van der Waals surface area contributed by atoms with Gasteiger partial charge in [0.05, 0.1) is 23.5 Å². The van der Waals surface area contributed by atoms with Crippen LogP contribution < -0.4 is 10.9 Å². The summed E-state index contributed by atoms with van der Waals surface area (Å²) in [7, 11) is -3.61. The second-order valence-corrected chi connectivity index (χ2v) is 9.54. The molecule has 1 aromatic heterocycles. The highest BCUT2D eigenvalue weighted by Gasteiger charge is 2.26. The van der Waals surface area contributed by atoms with Crippen molar-refractivity contribution in [2.45, 2.75) is 18.0 Å². The van der Waals surface area contributed by atoms with E-state index >= 15 is 0 Å². The lowest BCUT2D eigenvalue weighted by Gasteiger charge is -2.26. The van der Waals surface area contributed by atoms with E-state index in [1.54, 1.807) is 24.3 Å². The Kier molecular flexibility index (Phi) is 6.72. The largest absolute Gasteiger partial charge is 0.476 e. The minimum atomic E-state index is -3.61. The van der Waals surface area contributed by atoms with E-state index in [4.69, 9.17) is 4.74 Å². The van der Waals surface area contributed by atoms with Gasteiger partial charge in [-0.1, -0.05) is 30.3 Å². The van der Waals surface area contributed by atoms with Crippen LogP contribution in [0.1, 0.15) is 16.1 Å². The molecule has 12 heteroatoms. The van der Waals surface area contributed by atoms with E-state index in [0.717, 1.165) is 4.68 Å². The predicted molar refractivity (Wildman–Crippen MR) is 121 cm³/mol. The summed E-state index contributed by atoms with van der Waals surface area (Å²) in [5.74, 6) is -1.86. The first-order valence-corrected chi connectivity index (χ1v) is 11.9. The second-order valence-electron chi connectivity index (χ2n) is 7.60. The Bertz CT molecular complexity index is 1400. The summed E-state index contributed by atoms with van der Waals surface area (Å²) in [6, 6.07) is 12.3. The smallest absolute Gasteiger partial charge is 0.357 e. The van der Waals surface area contributed by atoms with Gasteiger partial charge in [0.25, 0.3) is 5.56 Å². The van der Waals surface area contributed by atoms with Gasteiger partial charge in [0.2, 0.25) is 15.9 Å². The number of amides is 1. The third kappa shape index (κ3) is 4.83. The molecule has 1 amide bonds. The molecule has 0 saturated carbocycles. The minimum Gasteiger partial charge on any atom is -0.476 e. The summed E-state index contributed by atoms with van der Waals surface area (Å²) in [5, 5.41) is 16.2. The van der Waals surface area contributed by atoms with Gasteiger partial charge in [-0.15, -0.1) is 0 Å². The Morgan fingerprint density at radius 2 is 1.68 bits per heavy atom. The Hall–Kier alpha value is -3.61. The number of ether oxygens (including phenoxy) is 1. The number of aromatic nitrogens is 2. The molecule has 2 N–H and O–H groups in total. The Balaban J connectivity index is 1.44. The molecule has 1 aliphatic rings. The van der Waals surface area contributed by atoms with Crippen LogP contribution in [0, 0.1) is 0 Å². The quantitative estimate of drug-likeness (QED) is 0.489. The lowest BCUT2D eigenvalue weighted by Crippen LogP contribution is -2.40. The van der Waals surface area contributed by atoms with Gasteiger partial charge in [-0.3, -0.25) is 9.59 Å². The highest BCUT2D eigenvalue weighted by Crippen LogP contribution is 2.18. The number of morpholine rings is 1. The van der Waals surface area contributed by atoms with Gasteiger partial charge >= 0.3 is 5.97 Å². The maximum absolute atomic E-state index is 12.7. The molecule has 0 radical (unpaired) electrons. The van der Waals surface area contributed by atoms with Gasteiger partial charge in [-0.05, 0) is 23.8 Å². The van der Waals surface area contributed by atoms with E-state index in [9.17, 15) is 27.9 Å². The van der Waals surface area contributed by atoms with Gasteiger partial charge in [-0.2, -0.15) is 9.40 Å². The van der Waals surface area contributed by atoms with E-state index in [1.165, 1.54) is 28.6 Å². The topological polar surface area (TPSA) is 148 Å². The van der Waals surface area contributed by atoms with E-state index < -0.39 is 34.0 Å². The number of carboxylic acid groups (broad SMARTS) is 1. The van der Waals surface area contributed by atoms with Crippen molar-refractivity contribution in [3.8, 4) is 0 Å². The van der Waals surface area contributed by atoms with Crippen molar-refractivity contribution in [1.82, 2.24) is 19.4 Å². The Morgan fingerprint density at radius 1 is 1.03 bits per heavy atom. The third-order valence-corrected chi connectivity index (χ3v) is 7.30. The summed E-state index contributed by atoms with van der Waals surface area (Å²) >= 11 is 0. The highest BCUT2D eigenvalue weighted by atomic mass is 32.2. The molecular weight excluding hydrogens is 464 g/mol. The molecule has 3 aromatic rings. The molecule has 4 rings (SSSR count). The molecule has 0 unspecified atom stereocenters. The van der Waals surface area contributed by atoms with Gasteiger partial charge in [-0.25, -0.2) is 17.9 Å². The van der Waals surface area contributed by atoms with Crippen LogP contribution >= 0.6 is 0 Å². The molecule has 0 aliphatic carbocycles. The van der Waals surface area contributed by atoms with Crippen LogP contribution in [0.5, 0.6) is 0 Å². The minimum absolute atomic E-state index is 0.0881. The van der Waals surface area contributed by atoms with Crippen molar-refractivity contribution in [1.29, 1.82) is 0 Å². The number of carbonyl (C=O) groups is 2. The van der Waals surface area contributed by atoms with Crippen LogP contribution in [0.15, 0.2) is 58.2 Å². The van der Waals surface area contributed by atoms with E-state index in [0.29, 0.717) is 31.9 Å². The van der Waals surface area contributed by atoms with Crippen LogP contribution in [0.4, 0.5) is 0 Å². The number of carboxylic acids is 1. The van der Waals surface area contributed by atoms with Crippen LogP contribution in [0.3, 0.4) is 0 Å². The molecule has 0 atom stereocenters. The van der Waals surface area contributed by atoms with Gasteiger partial charge in [0, 0.05) is 25.0 Å². The molecule has 2 aromatic carbocycles. The summed E-state index contributed by atoms with van der Waals surface area (Å²) in [5.41, 5.74) is -0.243. The van der Waals surface area contributed by atoms with Crippen molar-refractivity contribution in [2.24, 2.45) is 0 Å². The number of rotatable bonds is 7. The molecule has 178 valence electrons. The number of sulfonamides is 1. The molecule has 1 fully saturated rings. The zero-order valence-electron chi connectivity index (χ0n) is 18.0.